The zero-order valence-electron chi connectivity index (χ0n) is 8.84. The van der Waals surface area contributed by atoms with Gasteiger partial charge < -0.3 is 14.4 Å². The maximum atomic E-state index is 11.6. The molecule has 94 valence electrons. The highest BCUT2D eigenvalue weighted by atomic mass is 79.9. The minimum atomic E-state index is -0.724. The Bertz CT molecular complexity index is 459. The number of ether oxygens (including phenoxy) is 1. The summed E-state index contributed by atoms with van der Waals surface area (Å²) in [4.78, 5) is 21.5. The van der Waals surface area contributed by atoms with Gasteiger partial charge in [0.25, 0.3) is 0 Å². The largest absolute Gasteiger partial charge is 0.394 e. The molecule has 0 unspecified atom stereocenters. The lowest BCUT2D eigenvalue weighted by Crippen LogP contribution is -2.24. The van der Waals surface area contributed by atoms with Crippen LogP contribution in [0.15, 0.2) is 21.5 Å². The number of rotatable bonds is 6. The summed E-state index contributed by atoms with van der Waals surface area (Å²) in [6.45, 7) is 0.464. The molecule has 17 heavy (non-hydrogen) atoms. The third-order valence-corrected chi connectivity index (χ3v) is 2.38. The molecular formula is C9H11BrN2O5. The highest BCUT2D eigenvalue weighted by Crippen LogP contribution is 2.13. The van der Waals surface area contributed by atoms with Crippen LogP contribution in [0.2, 0.25) is 0 Å². The van der Waals surface area contributed by atoms with Gasteiger partial charge in [0.1, 0.15) is 0 Å². The molecule has 1 rings (SSSR count). The lowest BCUT2D eigenvalue weighted by Gasteiger charge is -2.06. The third kappa shape index (κ3) is 3.91. The highest BCUT2D eigenvalue weighted by Gasteiger charge is 2.15. The van der Waals surface area contributed by atoms with Gasteiger partial charge in [0.05, 0.1) is 24.7 Å². The molecule has 1 aromatic heterocycles. The van der Waals surface area contributed by atoms with Gasteiger partial charge in [-0.25, -0.2) is 0 Å². The molecule has 0 radical (unpaired) electrons. The van der Waals surface area contributed by atoms with E-state index in [1.54, 1.807) is 0 Å². The van der Waals surface area contributed by atoms with Gasteiger partial charge in [-0.1, -0.05) is 0 Å². The average molecular weight is 307 g/mol. The number of aromatic nitrogens is 1. The van der Waals surface area contributed by atoms with E-state index < -0.39 is 16.2 Å². The lowest BCUT2D eigenvalue weighted by molar-refractivity contribution is -0.386. The molecule has 1 N–H and O–H groups in total. The Balaban J connectivity index is 2.85. The standard InChI is InChI=1S/C9H11BrN2O5/c10-7-5-8(12(15)16)9(14)11(6-7)1-3-17-4-2-13/h5-6,13H,1-4H2. The Morgan fingerprint density at radius 2 is 2.24 bits per heavy atom. The number of hydrogen-bond donors (Lipinski definition) is 1. The van der Waals surface area contributed by atoms with Gasteiger partial charge in [0, 0.05) is 23.3 Å². The second-order valence-electron chi connectivity index (χ2n) is 3.14. The maximum Gasteiger partial charge on any atom is 0.335 e. The van der Waals surface area contributed by atoms with Gasteiger partial charge in [-0.2, -0.15) is 0 Å². The smallest absolute Gasteiger partial charge is 0.335 e. The molecule has 0 saturated heterocycles. The zero-order valence-corrected chi connectivity index (χ0v) is 10.4. The number of aliphatic hydroxyl groups is 1. The first-order chi connectivity index (χ1) is 8.06. The van der Waals surface area contributed by atoms with Gasteiger partial charge in [-0.05, 0) is 15.9 Å². The van der Waals surface area contributed by atoms with Gasteiger partial charge in [0.2, 0.25) is 0 Å². The van der Waals surface area contributed by atoms with Crippen molar-refractivity contribution in [1.82, 2.24) is 4.57 Å². The molecule has 0 aliphatic heterocycles. The molecule has 1 aromatic rings. The Kier molecular flexibility index (Phi) is 5.26. The average Bonchev–Trinajstić information content (AvgIpc) is 2.28. The number of aliphatic hydroxyl groups excluding tert-OH is 1. The second-order valence-corrected chi connectivity index (χ2v) is 4.05. The van der Waals surface area contributed by atoms with Crippen LogP contribution < -0.4 is 5.56 Å². The summed E-state index contributed by atoms with van der Waals surface area (Å²) in [5, 5.41) is 19.1. The van der Waals surface area contributed by atoms with Crippen molar-refractivity contribution in [3.8, 4) is 0 Å². The van der Waals surface area contributed by atoms with Crippen LogP contribution in [-0.2, 0) is 11.3 Å². The molecule has 0 spiro atoms. The molecule has 0 aliphatic carbocycles. The van der Waals surface area contributed by atoms with Crippen LogP contribution >= 0.6 is 15.9 Å². The minimum Gasteiger partial charge on any atom is -0.394 e. The normalized spacial score (nSPS) is 10.5. The number of hydrogen-bond acceptors (Lipinski definition) is 5. The van der Waals surface area contributed by atoms with Crippen molar-refractivity contribution in [1.29, 1.82) is 0 Å². The lowest BCUT2D eigenvalue weighted by atomic mass is 10.4. The predicted molar refractivity (Wildman–Crippen MR) is 63.0 cm³/mol. The first kappa shape index (κ1) is 13.8. The number of nitrogens with zero attached hydrogens (tertiary/aromatic N) is 2. The molecule has 8 heteroatoms. The van der Waals surface area contributed by atoms with E-state index >= 15 is 0 Å². The Hall–Kier alpha value is -1.25. The molecule has 0 bridgehead atoms. The molecule has 0 fully saturated rings. The molecule has 7 nitrogen and oxygen atoms in total. The summed E-state index contributed by atoms with van der Waals surface area (Å²) in [6.07, 6.45) is 1.46. The van der Waals surface area contributed by atoms with Crippen LogP contribution in [0, 0.1) is 10.1 Å². The zero-order chi connectivity index (χ0) is 12.8. The van der Waals surface area contributed by atoms with E-state index in [0.717, 1.165) is 6.07 Å². The topological polar surface area (TPSA) is 94.6 Å². The van der Waals surface area contributed by atoms with Crippen molar-refractivity contribution in [3.63, 3.8) is 0 Å². The number of halogens is 1. The fraction of sp³-hybridized carbons (Fsp3) is 0.444. The number of pyridine rings is 1. The summed E-state index contributed by atoms with van der Waals surface area (Å²) in [7, 11) is 0. The van der Waals surface area contributed by atoms with Crippen LogP contribution in [0.1, 0.15) is 0 Å². The van der Waals surface area contributed by atoms with Gasteiger partial charge >= 0.3 is 11.2 Å². The summed E-state index contributed by atoms with van der Waals surface area (Å²) in [5.41, 5.74) is -1.16. The van der Waals surface area contributed by atoms with Crippen molar-refractivity contribution in [2.75, 3.05) is 19.8 Å². The molecule has 0 aliphatic rings. The van der Waals surface area contributed by atoms with Crippen LogP contribution in [-0.4, -0.2) is 34.4 Å². The summed E-state index contributed by atoms with van der Waals surface area (Å²) in [6, 6.07) is 1.16. The molecule has 0 amide bonds. The fourth-order valence-electron chi connectivity index (χ4n) is 1.21. The van der Waals surface area contributed by atoms with E-state index in [0.29, 0.717) is 4.47 Å². The molecule has 0 aromatic carbocycles. The van der Waals surface area contributed by atoms with E-state index in [1.807, 2.05) is 0 Å². The minimum absolute atomic E-state index is 0.104. The SMILES string of the molecule is O=c1c([N+](=O)[O-])cc(Br)cn1CCOCCO. The molecule has 0 saturated carbocycles. The van der Waals surface area contributed by atoms with Crippen LogP contribution in [0.3, 0.4) is 0 Å². The van der Waals surface area contributed by atoms with Crippen LogP contribution in [0.25, 0.3) is 0 Å². The Labute approximate surface area is 105 Å². The summed E-state index contributed by atoms with van der Waals surface area (Å²) in [5.74, 6) is 0. The van der Waals surface area contributed by atoms with Gasteiger partial charge in [-0.3, -0.25) is 14.9 Å². The van der Waals surface area contributed by atoms with E-state index in [1.165, 1.54) is 10.8 Å². The Morgan fingerprint density at radius 3 is 2.82 bits per heavy atom. The Morgan fingerprint density at radius 1 is 1.53 bits per heavy atom. The van der Waals surface area contributed by atoms with E-state index in [9.17, 15) is 14.9 Å². The maximum absolute atomic E-state index is 11.6. The van der Waals surface area contributed by atoms with Crippen LogP contribution in [0.4, 0.5) is 5.69 Å². The van der Waals surface area contributed by atoms with E-state index in [4.69, 9.17) is 9.84 Å². The first-order valence-corrected chi connectivity index (χ1v) is 5.58. The molecular weight excluding hydrogens is 296 g/mol. The fourth-order valence-corrected chi connectivity index (χ4v) is 1.67. The van der Waals surface area contributed by atoms with Gasteiger partial charge in [0.15, 0.2) is 0 Å². The van der Waals surface area contributed by atoms with Crippen molar-refractivity contribution < 1.29 is 14.8 Å². The molecule has 1 heterocycles. The summed E-state index contributed by atoms with van der Waals surface area (Å²) >= 11 is 3.09. The van der Waals surface area contributed by atoms with E-state index in [2.05, 4.69) is 15.9 Å². The van der Waals surface area contributed by atoms with E-state index in [-0.39, 0.29) is 26.4 Å². The predicted octanol–water partition coefficient (Wildman–Crippen LogP) is 0.528. The van der Waals surface area contributed by atoms with Crippen molar-refractivity contribution >= 4 is 21.6 Å². The monoisotopic (exact) mass is 306 g/mol. The quantitative estimate of drug-likeness (QED) is 0.470. The highest BCUT2D eigenvalue weighted by molar-refractivity contribution is 9.10. The molecule has 0 atom stereocenters. The van der Waals surface area contributed by atoms with Crippen LogP contribution in [0.5, 0.6) is 0 Å². The summed E-state index contributed by atoms with van der Waals surface area (Å²) < 4.78 is 6.63. The van der Waals surface area contributed by atoms with Gasteiger partial charge in [-0.15, -0.1) is 0 Å². The van der Waals surface area contributed by atoms with Crippen molar-refractivity contribution in [2.45, 2.75) is 6.54 Å². The first-order valence-electron chi connectivity index (χ1n) is 4.79. The van der Waals surface area contributed by atoms with Crippen molar-refractivity contribution in [3.05, 3.63) is 37.2 Å². The number of nitro groups is 1. The third-order valence-electron chi connectivity index (χ3n) is 1.94. The second kappa shape index (κ2) is 6.48. The van der Waals surface area contributed by atoms with Crippen molar-refractivity contribution in [2.24, 2.45) is 0 Å².